The zero-order valence-electron chi connectivity index (χ0n) is 69.6. The maximum Gasteiger partial charge on any atom is 0.495 e. The quantitative estimate of drug-likeness (QED) is 0.00332. The van der Waals surface area contributed by atoms with Gasteiger partial charge in [0.25, 0.3) is 22.7 Å². The third-order valence-corrected chi connectivity index (χ3v) is 17.3. The van der Waals surface area contributed by atoms with E-state index in [1.165, 1.54) is 148 Å². The van der Waals surface area contributed by atoms with Crippen LogP contribution in [-0.2, 0) is 57.0 Å². The fourth-order valence-electron chi connectivity index (χ4n) is 10.1. The molecule has 0 atom stereocenters. The molecule has 9 rings (SSSR count). The van der Waals surface area contributed by atoms with Gasteiger partial charge in [-0.2, -0.15) is 0 Å². The Kier molecular flexibility index (Phi) is 42.3. The Balaban J connectivity index is 0.000000389. The van der Waals surface area contributed by atoms with E-state index in [1.54, 1.807) is 48.5 Å². The lowest BCUT2D eigenvalue weighted by Crippen LogP contribution is -2.41. The van der Waals surface area contributed by atoms with Crippen LogP contribution in [0.1, 0.15) is 114 Å². The van der Waals surface area contributed by atoms with Gasteiger partial charge in [0.2, 0.25) is 5.91 Å². The van der Waals surface area contributed by atoms with Crippen LogP contribution in [0.25, 0.3) is 61.7 Å². The van der Waals surface area contributed by atoms with Gasteiger partial charge in [-0.05, 0) is 255 Å². The number of benzene rings is 4. The molecule has 4 aromatic carbocycles. The molecular formula is C83H88BF4I2N13O21. The number of nitro benzene ring substituents is 4. The summed E-state index contributed by atoms with van der Waals surface area (Å²) in [4.78, 5) is 123. The minimum atomic E-state index is -1.20. The number of carbonyl (C=O) groups is 6. The van der Waals surface area contributed by atoms with Crippen molar-refractivity contribution >= 4 is 156 Å². The number of pyridine rings is 4. The van der Waals surface area contributed by atoms with Crippen LogP contribution in [-0.4, -0.2) is 132 Å². The Labute approximate surface area is 737 Å². The van der Waals surface area contributed by atoms with Crippen molar-refractivity contribution in [3.05, 3.63) is 240 Å². The highest BCUT2D eigenvalue weighted by molar-refractivity contribution is 14.1. The number of halogens is 6. The molecule has 0 unspecified atom stereocenters. The van der Waals surface area contributed by atoms with E-state index in [-0.39, 0.29) is 115 Å². The Morgan fingerprint density at radius 1 is 0.484 bits per heavy atom. The van der Waals surface area contributed by atoms with Crippen molar-refractivity contribution in [2.45, 2.75) is 108 Å². The van der Waals surface area contributed by atoms with Gasteiger partial charge in [-0.1, -0.05) is 12.0 Å². The number of allylic oxidation sites excluding steroid dienone is 5. The van der Waals surface area contributed by atoms with Crippen molar-refractivity contribution in [1.29, 1.82) is 0 Å². The Bertz CT molecular complexity index is 5470. The summed E-state index contributed by atoms with van der Waals surface area (Å²) in [7, 11) is 0.622. The Hall–Kier alpha value is -13.5. The summed E-state index contributed by atoms with van der Waals surface area (Å²) in [6.45, 7) is 25.9. The average Bonchev–Trinajstić information content (AvgIpc) is 1.48. The van der Waals surface area contributed by atoms with Crippen molar-refractivity contribution in [3.8, 4) is 56.9 Å². The van der Waals surface area contributed by atoms with Gasteiger partial charge in [0.15, 0.2) is 0 Å². The molecule has 41 heteroatoms. The molecule has 1 saturated heterocycles. The summed E-state index contributed by atoms with van der Waals surface area (Å²) >= 11 is 4.12. The van der Waals surface area contributed by atoms with E-state index < -0.39 is 90.6 Å². The molecule has 124 heavy (non-hydrogen) atoms. The molecule has 1 aliphatic heterocycles. The highest BCUT2D eigenvalue weighted by atomic mass is 127. The number of ether oxygens (including phenoxy) is 4. The summed E-state index contributed by atoms with van der Waals surface area (Å²) in [6.07, 6.45) is 11.8. The Morgan fingerprint density at radius 2 is 0.766 bits per heavy atom. The molecule has 0 bridgehead atoms. The van der Waals surface area contributed by atoms with Crippen molar-refractivity contribution in [1.82, 2.24) is 25.3 Å². The first kappa shape index (κ1) is 105. The molecule has 0 spiro atoms. The van der Waals surface area contributed by atoms with Crippen LogP contribution >= 0.6 is 45.2 Å². The van der Waals surface area contributed by atoms with Crippen molar-refractivity contribution in [3.63, 3.8) is 0 Å². The lowest BCUT2D eigenvalue weighted by molar-refractivity contribution is -0.384. The number of carbonyl (C=O) groups excluding carboxylic acids is 5. The van der Waals surface area contributed by atoms with Crippen molar-refractivity contribution < 1.29 is 99.4 Å². The fourth-order valence-corrected chi connectivity index (χ4v) is 10.6. The van der Waals surface area contributed by atoms with Crippen LogP contribution < -0.4 is 33.7 Å². The van der Waals surface area contributed by atoms with Crippen LogP contribution in [0, 0.1) is 75.6 Å². The monoisotopic (exact) mass is 1940 g/mol. The molecule has 0 radical (unpaired) electrons. The molecule has 656 valence electrons. The third-order valence-electron chi connectivity index (χ3n) is 16.7. The van der Waals surface area contributed by atoms with E-state index in [4.69, 9.17) is 42.1 Å². The van der Waals surface area contributed by atoms with Crippen LogP contribution in [0.2, 0.25) is 0 Å². The zero-order valence-corrected chi connectivity index (χ0v) is 73.9. The van der Waals surface area contributed by atoms with Gasteiger partial charge >= 0.3 is 37.0 Å². The smallest absolute Gasteiger partial charge is 0.478 e. The largest absolute Gasteiger partial charge is 0.495 e. The number of likely N-dealkylation sites (N-methyl/N-ethyl adjacent to an activating group) is 1. The van der Waals surface area contributed by atoms with E-state index in [2.05, 4.69) is 96.5 Å². The van der Waals surface area contributed by atoms with Crippen molar-refractivity contribution in [2.24, 2.45) is 0 Å². The van der Waals surface area contributed by atoms with Gasteiger partial charge in [0, 0.05) is 115 Å². The highest BCUT2D eigenvalue weighted by Crippen LogP contribution is 2.42. The maximum atomic E-state index is 14.2. The lowest BCUT2D eigenvalue weighted by Gasteiger charge is -2.32. The van der Waals surface area contributed by atoms with Gasteiger partial charge in [-0.15, -0.1) is 0 Å². The predicted octanol–water partition coefficient (Wildman–Crippen LogP) is 15.8. The minimum Gasteiger partial charge on any atom is -0.478 e. The number of aromatic nitrogens is 4. The third kappa shape index (κ3) is 31.8. The van der Waals surface area contributed by atoms with E-state index in [9.17, 15) is 86.8 Å². The van der Waals surface area contributed by atoms with Crippen LogP contribution in [0.4, 0.5) is 63.1 Å². The first-order valence-corrected chi connectivity index (χ1v) is 38.7. The number of aliphatic carboxylic acids is 1. The summed E-state index contributed by atoms with van der Waals surface area (Å²) in [5.74, 6) is -1.07. The molecule has 1 aliphatic rings. The number of esters is 4. The maximum absolute atomic E-state index is 14.2. The number of nitro groups is 4. The van der Waals surface area contributed by atoms with E-state index in [0.29, 0.717) is 47.6 Å². The number of hydrogen-bond donors (Lipinski definition) is 6. The number of carboxylic acid groups (broad SMARTS) is 1. The Morgan fingerprint density at radius 3 is 1.03 bits per heavy atom. The predicted molar refractivity (Wildman–Crippen MR) is 477 cm³/mol. The van der Waals surface area contributed by atoms with Crippen LogP contribution in [0.3, 0.4) is 0 Å². The SMILES string of the molecule is C/C(=C\C(=O)O)c1cc(-c2ncccc2F)c(N)c([N+](=O)[O-])c1.CC#CC(=O)OCC.CC1(C)OB(c2cc(-c3ncccc3F)c(N)c([N+](=O)[O-])c2)OC1(C)C.CCOC(=O)/C=C(/C)I.CCOC(=O)/C=C(\C)I.CCOC(=O)/C=C(\C)c1cc(-c2ncccc2F)c(N)c([N+](=O)[O-])c1.CNC(=O)/C=C(\C)c1cc(-c2ncccc2F)c(N)c([N+](=O)[O-])c1. The van der Waals surface area contributed by atoms with E-state index in [0.717, 1.165) is 25.4 Å². The van der Waals surface area contributed by atoms with Gasteiger partial charge in [-0.25, -0.2) is 41.5 Å². The second kappa shape index (κ2) is 50.1. The van der Waals surface area contributed by atoms with Gasteiger partial charge < -0.3 is 61.6 Å². The molecule has 4 aromatic heterocycles. The fraction of sp³-hybridized carbons (Fsp3) is 0.253. The summed E-state index contributed by atoms with van der Waals surface area (Å²) in [5, 5.41) is 56.4. The van der Waals surface area contributed by atoms with Gasteiger partial charge in [0.05, 0.1) is 57.3 Å². The molecule has 10 N–H and O–H groups in total. The van der Waals surface area contributed by atoms with Crippen molar-refractivity contribution in [2.75, 3.05) is 56.4 Å². The van der Waals surface area contributed by atoms with Crippen LogP contribution in [0.15, 0.2) is 159 Å². The molecule has 1 fully saturated rings. The number of nitrogens with two attached hydrogens (primary N) is 4. The molecule has 0 saturated carbocycles. The summed E-state index contributed by atoms with van der Waals surface area (Å²) in [6, 6.07) is 21.1. The summed E-state index contributed by atoms with van der Waals surface area (Å²) in [5.41, 5.74) is 22.2. The first-order valence-electron chi connectivity index (χ1n) is 36.6. The number of nitrogens with one attached hydrogen (secondary N) is 1. The standard InChI is InChI=1S/C17H19BFN3O4.C17H16FN3O4.C16H15FN4O3.C15H12FN3O4.2C6H9IO2.C6H8O2/c1-16(2)17(3,4)26-18(25-16)10-8-11(14(20)13(9-10)22(23)24)15-12(19)6-5-7-21-15;1-3-25-15(22)7-10(2)11-8-12(16(19)14(9-11)21(23)24)17-13(18)5-4-6-20-17;1-9(6-14(22)19-2)10-7-11(15(18)13(8-10)21(23)24)16-12(17)4-3-5-20-16;1-8(5-13(20)21)9-6-10(14(17)12(7-9)19(22)23)15-11(16)3-2-4-18-15;2*1-3-9-6(8)4-5(2)7;1-3-5-6(7)8-4-2/h5-9H,20H2,1-4H3;4-9H,3,19H2,1-2H3;3-8H,18H2,1-2H3,(H,19,22);2-7H,17H2,1H3,(H,20,21);2*4H,3H2,1-2H3;4H2,1-2H3/b;10-7+;9-6+;8-5+;5-4+;5-4-;. The molecule has 5 heterocycles. The van der Waals surface area contributed by atoms with Gasteiger partial charge in [0.1, 0.15) is 68.8 Å². The van der Waals surface area contributed by atoms with E-state index in [1.807, 2.05) is 41.5 Å². The second-order valence-electron chi connectivity index (χ2n) is 26.1. The second-order valence-corrected chi connectivity index (χ2v) is 29.5. The minimum absolute atomic E-state index is 0.0328. The number of rotatable bonds is 21. The number of amides is 1. The molecular weight excluding hydrogens is 1860 g/mol. The zero-order chi connectivity index (χ0) is 93.8. The lowest BCUT2D eigenvalue weighted by atomic mass is 9.77. The number of carboxylic acids is 1. The highest BCUT2D eigenvalue weighted by Gasteiger charge is 2.52. The molecule has 1 amide bonds. The number of nitrogens with zero attached hydrogens (tertiary/aromatic N) is 8. The number of hydrogen-bond acceptors (Lipinski definition) is 28. The molecule has 34 nitrogen and oxygen atoms in total. The summed E-state index contributed by atoms with van der Waals surface area (Å²) < 4.78 is 88.5. The molecule has 0 aliphatic carbocycles. The normalized spacial score (nSPS) is 12.4. The first-order chi connectivity index (χ1) is 58.2. The topological polar surface area (TPSA) is 518 Å². The van der Waals surface area contributed by atoms with Gasteiger partial charge in [-0.3, -0.25) is 65.2 Å². The number of nitrogen functional groups attached to an aromatic ring is 4. The van der Waals surface area contributed by atoms with E-state index >= 15 is 0 Å². The number of anilines is 4. The van der Waals surface area contributed by atoms with Crippen LogP contribution in [0.5, 0.6) is 0 Å². The average molecular weight is 1940 g/mol. The molecule has 8 aromatic rings.